The highest BCUT2D eigenvalue weighted by Crippen LogP contribution is 2.30. The molecule has 1 aromatic heterocycles. The lowest BCUT2D eigenvalue weighted by molar-refractivity contribution is -0.140. The molecule has 24 heavy (non-hydrogen) atoms. The van der Waals surface area contributed by atoms with Crippen LogP contribution in [0.15, 0.2) is 16.9 Å². The van der Waals surface area contributed by atoms with E-state index in [2.05, 4.69) is 19.4 Å². The van der Waals surface area contributed by atoms with Gasteiger partial charge in [0, 0.05) is 12.6 Å². The van der Waals surface area contributed by atoms with Gasteiger partial charge in [0.25, 0.3) is 5.91 Å². The zero-order chi connectivity index (χ0) is 17.3. The highest BCUT2D eigenvalue weighted by molar-refractivity contribution is 7.80. The Labute approximate surface area is 136 Å². The molecule has 2 aliphatic heterocycles. The maximum absolute atomic E-state index is 12.2. The van der Waals surface area contributed by atoms with E-state index in [9.17, 15) is 18.0 Å². The molecule has 1 unspecified atom stereocenters. The van der Waals surface area contributed by atoms with Crippen molar-refractivity contribution in [2.24, 2.45) is 0 Å². The number of rotatable bonds is 6. The molecule has 2 N–H and O–H groups in total. The number of piperidine rings is 1. The van der Waals surface area contributed by atoms with E-state index >= 15 is 0 Å². The number of nitrogens with zero attached hydrogens (tertiary/aromatic N) is 3. The second kappa shape index (κ2) is 6.35. The van der Waals surface area contributed by atoms with Crippen LogP contribution in [0.25, 0.3) is 0 Å². The lowest BCUT2D eigenvalue weighted by atomic mass is 10.0. The first-order valence-electron chi connectivity index (χ1n) is 6.93. The van der Waals surface area contributed by atoms with Gasteiger partial charge >= 0.3 is 16.4 Å². The van der Waals surface area contributed by atoms with Gasteiger partial charge in [0.2, 0.25) is 0 Å². The van der Waals surface area contributed by atoms with Gasteiger partial charge in [-0.2, -0.15) is 13.5 Å². The molecule has 0 saturated carbocycles. The van der Waals surface area contributed by atoms with Crippen LogP contribution in [0.5, 0.6) is 0 Å². The van der Waals surface area contributed by atoms with Gasteiger partial charge in [0.1, 0.15) is 24.6 Å². The molecule has 12 nitrogen and oxygen atoms in total. The monoisotopic (exact) mass is 362 g/mol. The van der Waals surface area contributed by atoms with Crippen molar-refractivity contribution in [2.45, 2.75) is 31.5 Å². The maximum atomic E-state index is 12.2. The van der Waals surface area contributed by atoms with Crippen molar-refractivity contribution in [2.75, 3.05) is 6.54 Å². The predicted molar refractivity (Wildman–Crippen MR) is 72.8 cm³/mol. The summed E-state index contributed by atoms with van der Waals surface area (Å²) in [5, 5.41) is 4.17. The first-order chi connectivity index (χ1) is 11.3. The Morgan fingerprint density at radius 2 is 2.29 bits per heavy atom. The van der Waals surface area contributed by atoms with Gasteiger partial charge in [0.05, 0.1) is 6.04 Å². The summed E-state index contributed by atoms with van der Waals surface area (Å²) in [6.07, 6.45) is 1.98. The van der Waals surface area contributed by atoms with Crippen LogP contribution in [-0.4, -0.2) is 58.7 Å². The van der Waals surface area contributed by atoms with Gasteiger partial charge < -0.3 is 9.42 Å². The minimum Gasteiger partial charge on any atom is -0.364 e. The zero-order valence-corrected chi connectivity index (χ0v) is 13.0. The van der Waals surface area contributed by atoms with Gasteiger partial charge in [0.15, 0.2) is 0 Å². The highest BCUT2D eigenvalue weighted by Gasteiger charge is 2.49. The first kappa shape index (κ1) is 16.6. The van der Waals surface area contributed by atoms with Crippen LogP contribution in [0, 0.1) is 0 Å². The summed E-state index contributed by atoms with van der Waals surface area (Å²) in [4.78, 5) is 30.5. The van der Waals surface area contributed by atoms with Crippen molar-refractivity contribution in [1.82, 2.24) is 20.6 Å². The van der Waals surface area contributed by atoms with Crippen LogP contribution in [0.4, 0.5) is 4.79 Å². The molecule has 3 heterocycles. The zero-order valence-electron chi connectivity index (χ0n) is 12.2. The Morgan fingerprint density at radius 1 is 1.50 bits per heavy atom. The van der Waals surface area contributed by atoms with E-state index in [0.717, 1.165) is 4.90 Å². The number of fused-ring (bicyclic) bond motifs is 2. The molecular formula is C11H14N4O8S. The Bertz CT molecular complexity index is 720. The third kappa shape index (κ3) is 3.48. The number of aromatic nitrogens is 1. The number of hydroxylamine groups is 3. The van der Waals surface area contributed by atoms with Crippen LogP contribution in [-0.2, 0) is 30.9 Å². The minimum absolute atomic E-state index is 0.0104. The molecule has 0 radical (unpaired) electrons. The standard InChI is InChI=1S/C11H14N4O8S/c16-10(13-22-6-7-3-4-21-12-7)9-2-1-8-5-14(9)11(17)15(8)23-24(18,19)20/h3-4,8-9H,1-2,5-6H2,(H,13,16)(H,18,19,20)/t8?,9-/m0/s1. The van der Waals surface area contributed by atoms with Crippen molar-refractivity contribution in [3.05, 3.63) is 18.0 Å². The van der Waals surface area contributed by atoms with E-state index in [1.165, 1.54) is 6.26 Å². The Morgan fingerprint density at radius 3 is 2.96 bits per heavy atom. The molecule has 132 valence electrons. The fraction of sp³-hybridized carbons (Fsp3) is 0.545. The normalized spacial score (nSPS) is 23.6. The van der Waals surface area contributed by atoms with Crippen LogP contribution in [0.2, 0.25) is 0 Å². The summed E-state index contributed by atoms with van der Waals surface area (Å²) < 4.78 is 39.2. The molecule has 13 heteroatoms. The Balaban J connectivity index is 1.58. The van der Waals surface area contributed by atoms with E-state index in [0.29, 0.717) is 23.6 Å². The van der Waals surface area contributed by atoms with Gasteiger partial charge in [-0.15, -0.1) is 4.28 Å². The van der Waals surface area contributed by atoms with E-state index in [1.807, 2.05) is 0 Å². The molecule has 2 atom stereocenters. The molecule has 3 amide bonds. The molecule has 0 spiro atoms. The Kier molecular flexibility index (Phi) is 4.40. The lowest BCUT2D eigenvalue weighted by Crippen LogP contribution is -2.49. The maximum Gasteiger partial charge on any atom is 0.418 e. The number of carbonyl (C=O) groups excluding carboxylic acids is 2. The number of hydrogen-bond acceptors (Lipinski definition) is 8. The summed E-state index contributed by atoms with van der Waals surface area (Å²) in [5.74, 6) is -0.556. The second-order valence-corrected chi connectivity index (χ2v) is 6.26. The van der Waals surface area contributed by atoms with Crippen LogP contribution < -0.4 is 5.48 Å². The summed E-state index contributed by atoms with van der Waals surface area (Å²) in [7, 11) is -4.82. The van der Waals surface area contributed by atoms with Gasteiger partial charge in [-0.1, -0.05) is 5.16 Å². The molecular weight excluding hydrogens is 348 g/mol. The van der Waals surface area contributed by atoms with E-state index < -0.39 is 34.4 Å². The van der Waals surface area contributed by atoms with E-state index in [1.54, 1.807) is 6.07 Å². The Hall–Kier alpha value is -2.22. The quantitative estimate of drug-likeness (QED) is 0.490. The van der Waals surface area contributed by atoms with Crippen LogP contribution >= 0.6 is 0 Å². The number of nitrogens with one attached hydrogen (secondary N) is 1. The number of amides is 3. The third-order valence-electron chi connectivity index (χ3n) is 3.68. The fourth-order valence-electron chi connectivity index (χ4n) is 2.67. The first-order valence-corrected chi connectivity index (χ1v) is 8.29. The SMILES string of the molecule is O=C(NOCc1ccon1)[C@@H]1CCC2CN1C(=O)N2OS(=O)(=O)O. The highest BCUT2D eigenvalue weighted by atomic mass is 32.3. The smallest absolute Gasteiger partial charge is 0.364 e. The molecule has 2 aliphatic rings. The van der Waals surface area contributed by atoms with Crippen molar-refractivity contribution >= 4 is 22.3 Å². The molecule has 3 rings (SSSR count). The summed E-state index contributed by atoms with van der Waals surface area (Å²) in [6.45, 7) is 0.0965. The molecule has 2 bridgehead atoms. The third-order valence-corrected chi connectivity index (χ3v) is 4.03. The lowest BCUT2D eigenvalue weighted by Gasteiger charge is -2.28. The molecule has 0 aliphatic carbocycles. The number of hydrogen-bond donors (Lipinski definition) is 2. The molecule has 2 saturated heterocycles. The van der Waals surface area contributed by atoms with Gasteiger partial charge in [-0.3, -0.25) is 14.2 Å². The fourth-order valence-corrected chi connectivity index (χ4v) is 3.05. The molecule has 0 aromatic carbocycles. The van der Waals surface area contributed by atoms with Crippen molar-refractivity contribution in [3.8, 4) is 0 Å². The number of urea groups is 1. The van der Waals surface area contributed by atoms with Crippen molar-refractivity contribution in [1.29, 1.82) is 0 Å². The summed E-state index contributed by atoms with van der Waals surface area (Å²) >= 11 is 0. The number of carbonyl (C=O) groups is 2. The second-order valence-electron chi connectivity index (χ2n) is 5.26. The summed E-state index contributed by atoms with van der Waals surface area (Å²) in [6, 6.07) is -0.640. The average Bonchev–Trinajstić information content (AvgIpc) is 3.10. The van der Waals surface area contributed by atoms with Crippen LogP contribution in [0.3, 0.4) is 0 Å². The van der Waals surface area contributed by atoms with Gasteiger partial charge in [-0.05, 0) is 12.8 Å². The average molecular weight is 362 g/mol. The van der Waals surface area contributed by atoms with Crippen molar-refractivity contribution in [3.63, 3.8) is 0 Å². The van der Waals surface area contributed by atoms with Crippen LogP contribution in [0.1, 0.15) is 18.5 Å². The minimum atomic E-state index is -4.82. The van der Waals surface area contributed by atoms with Gasteiger partial charge in [-0.25, -0.2) is 10.3 Å². The summed E-state index contributed by atoms with van der Waals surface area (Å²) in [5.41, 5.74) is 2.69. The van der Waals surface area contributed by atoms with E-state index in [-0.39, 0.29) is 13.2 Å². The van der Waals surface area contributed by atoms with Crippen molar-refractivity contribution < 1.29 is 36.2 Å². The van der Waals surface area contributed by atoms with E-state index in [4.69, 9.17) is 9.39 Å². The largest absolute Gasteiger partial charge is 0.418 e. The molecule has 2 fully saturated rings. The predicted octanol–water partition coefficient (Wildman–Crippen LogP) is -0.775. The molecule has 1 aromatic rings. The topological polar surface area (TPSA) is 152 Å².